The highest BCUT2D eigenvalue weighted by Crippen LogP contribution is 2.25. The number of benzene rings is 1. The minimum atomic E-state index is -0.0358. The number of carbonyl (C=O) groups excluding carboxylic acids is 2. The molecule has 0 radical (unpaired) electrons. The van der Waals surface area contributed by atoms with Crippen LogP contribution in [-0.2, 0) is 4.79 Å². The third-order valence-electron chi connectivity index (χ3n) is 3.77. The number of likely N-dealkylation sites (tertiary alicyclic amines) is 1. The third-order valence-corrected chi connectivity index (χ3v) is 4.45. The Balaban J connectivity index is 2.26. The van der Waals surface area contributed by atoms with Crippen LogP contribution in [0.3, 0.4) is 0 Å². The van der Waals surface area contributed by atoms with Gasteiger partial charge in [0.15, 0.2) is 0 Å². The fraction of sp³-hybridized carbons (Fsp3) is 0.500. The molecule has 1 aromatic rings. The van der Waals surface area contributed by atoms with Crippen molar-refractivity contribution in [3.8, 4) is 0 Å². The van der Waals surface area contributed by atoms with Gasteiger partial charge in [0, 0.05) is 34.1 Å². The van der Waals surface area contributed by atoms with Crippen molar-refractivity contribution >= 4 is 39.2 Å². The lowest BCUT2D eigenvalue weighted by Gasteiger charge is -2.29. The number of rotatable bonds is 3. The maximum Gasteiger partial charge on any atom is 0.254 e. The standard InChI is InChI=1S/C16H19BrClNO2/c1-11(20)7-15-5-3-2-4-6-19(15)16(21)12-8-13(17)10-14(18)9-12/h8-10,15H,2-7H2,1H3. The molecule has 21 heavy (non-hydrogen) atoms. The molecule has 1 atom stereocenters. The first-order valence-corrected chi connectivity index (χ1v) is 8.41. The zero-order valence-electron chi connectivity index (χ0n) is 12.1. The molecule has 0 aromatic heterocycles. The Labute approximate surface area is 138 Å². The summed E-state index contributed by atoms with van der Waals surface area (Å²) in [6.07, 6.45) is 4.50. The van der Waals surface area contributed by atoms with Gasteiger partial charge in [0.1, 0.15) is 5.78 Å². The SMILES string of the molecule is CC(=O)CC1CCCCCN1C(=O)c1cc(Cl)cc(Br)c1. The molecule has 1 aromatic carbocycles. The summed E-state index contributed by atoms with van der Waals surface area (Å²) in [4.78, 5) is 26.1. The van der Waals surface area contributed by atoms with Gasteiger partial charge < -0.3 is 4.90 Å². The molecule has 1 fully saturated rings. The summed E-state index contributed by atoms with van der Waals surface area (Å²) in [6, 6.07) is 5.23. The van der Waals surface area contributed by atoms with Gasteiger partial charge in [-0.1, -0.05) is 40.4 Å². The van der Waals surface area contributed by atoms with E-state index < -0.39 is 0 Å². The van der Waals surface area contributed by atoms with E-state index in [1.54, 1.807) is 25.1 Å². The molecule has 1 aliphatic rings. The van der Waals surface area contributed by atoms with Crippen molar-refractivity contribution in [2.75, 3.05) is 6.54 Å². The highest BCUT2D eigenvalue weighted by atomic mass is 79.9. The highest BCUT2D eigenvalue weighted by molar-refractivity contribution is 9.10. The van der Waals surface area contributed by atoms with Crippen LogP contribution in [0, 0.1) is 0 Å². The lowest BCUT2D eigenvalue weighted by atomic mass is 10.0. The van der Waals surface area contributed by atoms with Gasteiger partial charge >= 0.3 is 0 Å². The van der Waals surface area contributed by atoms with Crippen LogP contribution in [0.2, 0.25) is 5.02 Å². The van der Waals surface area contributed by atoms with Gasteiger partial charge in [-0.15, -0.1) is 0 Å². The first-order chi connectivity index (χ1) is 9.97. The maximum absolute atomic E-state index is 12.8. The summed E-state index contributed by atoms with van der Waals surface area (Å²) in [5.74, 6) is 0.0957. The first kappa shape index (κ1) is 16.5. The topological polar surface area (TPSA) is 37.4 Å². The number of amides is 1. The zero-order chi connectivity index (χ0) is 15.4. The van der Waals surface area contributed by atoms with Gasteiger partial charge in [0.25, 0.3) is 5.91 Å². The fourth-order valence-electron chi connectivity index (χ4n) is 2.83. The first-order valence-electron chi connectivity index (χ1n) is 7.24. The van der Waals surface area contributed by atoms with E-state index in [0.717, 1.165) is 30.2 Å². The van der Waals surface area contributed by atoms with Crippen LogP contribution in [0.4, 0.5) is 0 Å². The van der Waals surface area contributed by atoms with Gasteiger partial charge in [-0.3, -0.25) is 9.59 Å². The predicted octanol–water partition coefficient (Wildman–Crippen LogP) is 4.47. The van der Waals surface area contributed by atoms with E-state index in [1.807, 2.05) is 4.90 Å². The van der Waals surface area contributed by atoms with Gasteiger partial charge in [0.2, 0.25) is 0 Å². The summed E-state index contributed by atoms with van der Waals surface area (Å²) in [5, 5.41) is 0.533. The number of halogens is 2. The second-order valence-electron chi connectivity index (χ2n) is 5.57. The van der Waals surface area contributed by atoms with Gasteiger partial charge in [-0.25, -0.2) is 0 Å². The van der Waals surface area contributed by atoms with Crippen molar-refractivity contribution < 1.29 is 9.59 Å². The molecule has 0 saturated carbocycles. The largest absolute Gasteiger partial charge is 0.335 e. The quantitative estimate of drug-likeness (QED) is 0.785. The smallest absolute Gasteiger partial charge is 0.254 e. The second-order valence-corrected chi connectivity index (χ2v) is 6.92. The van der Waals surface area contributed by atoms with Gasteiger partial charge in [-0.05, 0) is 38.0 Å². The average molecular weight is 373 g/mol. The highest BCUT2D eigenvalue weighted by Gasteiger charge is 2.27. The summed E-state index contributed by atoms with van der Waals surface area (Å²) >= 11 is 9.40. The number of ketones is 1. The molecule has 3 nitrogen and oxygen atoms in total. The molecule has 1 unspecified atom stereocenters. The monoisotopic (exact) mass is 371 g/mol. The lowest BCUT2D eigenvalue weighted by Crippen LogP contribution is -2.41. The van der Waals surface area contributed by atoms with Crippen molar-refractivity contribution in [3.63, 3.8) is 0 Å². The van der Waals surface area contributed by atoms with E-state index in [4.69, 9.17) is 11.6 Å². The molecule has 0 bridgehead atoms. The van der Waals surface area contributed by atoms with E-state index in [2.05, 4.69) is 15.9 Å². The summed E-state index contributed by atoms with van der Waals surface area (Å²) in [6.45, 7) is 2.30. The Morgan fingerprint density at radius 2 is 2.05 bits per heavy atom. The van der Waals surface area contributed by atoms with Crippen LogP contribution < -0.4 is 0 Å². The Morgan fingerprint density at radius 1 is 1.29 bits per heavy atom. The van der Waals surface area contributed by atoms with Crippen LogP contribution in [0.1, 0.15) is 49.4 Å². The molecule has 0 spiro atoms. The summed E-state index contributed by atoms with van der Waals surface area (Å²) < 4.78 is 0.788. The van der Waals surface area contributed by atoms with Crippen LogP contribution in [0.15, 0.2) is 22.7 Å². The number of nitrogens with zero attached hydrogens (tertiary/aromatic N) is 1. The number of Topliss-reactive ketones (excluding diaryl/α,β-unsaturated/α-hetero) is 1. The third kappa shape index (κ3) is 4.55. The normalized spacial score (nSPS) is 19.2. The minimum Gasteiger partial charge on any atom is -0.335 e. The van der Waals surface area contributed by atoms with E-state index in [0.29, 0.717) is 23.6 Å². The number of hydrogen-bond acceptors (Lipinski definition) is 2. The molecule has 1 saturated heterocycles. The molecule has 1 aliphatic heterocycles. The average Bonchev–Trinajstić information content (AvgIpc) is 2.61. The molecular formula is C16H19BrClNO2. The lowest BCUT2D eigenvalue weighted by molar-refractivity contribution is -0.118. The molecule has 1 amide bonds. The van der Waals surface area contributed by atoms with Crippen LogP contribution in [-0.4, -0.2) is 29.2 Å². The van der Waals surface area contributed by atoms with Crippen LogP contribution in [0.25, 0.3) is 0 Å². The van der Waals surface area contributed by atoms with E-state index in [-0.39, 0.29) is 17.7 Å². The molecular weight excluding hydrogens is 354 g/mol. The van der Waals surface area contributed by atoms with Crippen molar-refractivity contribution in [1.82, 2.24) is 4.90 Å². The zero-order valence-corrected chi connectivity index (χ0v) is 14.4. The van der Waals surface area contributed by atoms with Crippen LogP contribution in [0.5, 0.6) is 0 Å². The number of hydrogen-bond donors (Lipinski definition) is 0. The molecule has 0 aliphatic carbocycles. The van der Waals surface area contributed by atoms with Crippen LogP contribution >= 0.6 is 27.5 Å². The van der Waals surface area contributed by atoms with Crippen molar-refractivity contribution in [1.29, 1.82) is 0 Å². The molecule has 0 N–H and O–H groups in total. The molecule has 1 heterocycles. The Morgan fingerprint density at radius 3 is 2.71 bits per heavy atom. The fourth-order valence-corrected chi connectivity index (χ4v) is 3.69. The van der Waals surface area contributed by atoms with E-state index in [1.165, 1.54) is 0 Å². The summed E-state index contributed by atoms with van der Waals surface area (Å²) in [7, 11) is 0. The Kier molecular flexibility index (Phi) is 5.82. The Bertz CT molecular complexity index is 527. The molecule has 114 valence electrons. The number of carbonyl (C=O) groups is 2. The van der Waals surface area contributed by atoms with E-state index in [9.17, 15) is 9.59 Å². The summed E-state index contributed by atoms with van der Waals surface area (Å²) in [5.41, 5.74) is 0.574. The van der Waals surface area contributed by atoms with Gasteiger partial charge in [0.05, 0.1) is 0 Å². The van der Waals surface area contributed by atoms with Gasteiger partial charge in [-0.2, -0.15) is 0 Å². The van der Waals surface area contributed by atoms with Crippen molar-refractivity contribution in [3.05, 3.63) is 33.3 Å². The van der Waals surface area contributed by atoms with Crippen molar-refractivity contribution in [2.24, 2.45) is 0 Å². The Hall–Kier alpha value is -0.870. The minimum absolute atomic E-state index is 0.00950. The van der Waals surface area contributed by atoms with E-state index >= 15 is 0 Å². The second kappa shape index (κ2) is 7.41. The molecule has 2 rings (SSSR count). The maximum atomic E-state index is 12.8. The predicted molar refractivity (Wildman–Crippen MR) is 87.7 cm³/mol. The van der Waals surface area contributed by atoms with Crippen molar-refractivity contribution in [2.45, 2.75) is 45.1 Å². The molecule has 5 heteroatoms.